The van der Waals surface area contributed by atoms with Gasteiger partial charge >= 0.3 is 5.97 Å². The molecule has 13 heavy (non-hydrogen) atoms. The van der Waals surface area contributed by atoms with Crippen molar-refractivity contribution in [3.8, 4) is 5.75 Å². The summed E-state index contributed by atoms with van der Waals surface area (Å²) >= 11 is 0. The van der Waals surface area contributed by atoms with Gasteiger partial charge in [0, 0.05) is 18.0 Å². The van der Waals surface area contributed by atoms with Crippen LogP contribution in [-0.2, 0) is 4.79 Å². The van der Waals surface area contributed by atoms with E-state index in [0.29, 0.717) is 11.3 Å². The molecule has 0 unspecified atom stereocenters. The number of allylic oxidation sites excluding steroid dienone is 1. The highest BCUT2D eigenvalue weighted by molar-refractivity contribution is 5.89. The summed E-state index contributed by atoms with van der Waals surface area (Å²) in [6, 6.07) is 3.28. The first-order valence-corrected chi connectivity index (χ1v) is 3.99. The molecule has 0 aliphatic rings. The van der Waals surface area contributed by atoms with E-state index in [9.17, 15) is 4.79 Å². The van der Waals surface area contributed by atoms with Crippen molar-refractivity contribution in [2.24, 2.45) is 0 Å². The van der Waals surface area contributed by atoms with E-state index in [-0.39, 0.29) is 5.97 Å². The zero-order valence-corrected chi connectivity index (χ0v) is 7.65. The van der Waals surface area contributed by atoms with Crippen LogP contribution in [0, 0.1) is 0 Å². The summed E-state index contributed by atoms with van der Waals surface area (Å²) < 4.78 is 5.02. The lowest BCUT2D eigenvalue weighted by molar-refractivity contribution is -0.130. The van der Waals surface area contributed by atoms with Crippen LogP contribution in [0.2, 0.25) is 0 Å². The largest absolute Gasteiger partial charge is 0.423 e. The smallest absolute Gasteiger partial charge is 0.338 e. The van der Waals surface area contributed by atoms with E-state index in [4.69, 9.17) is 4.74 Å². The molecule has 0 spiro atoms. The third-order valence-electron chi connectivity index (χ3n) is 1.62. The number of ether oxygens (including phenoxy) is 1. The van der Waals surface area contributed by atoms with Crippen molar-refractivity contribution in [1.29, 1.82) is 0 Å². The molecule has 1 aromatic rings. The van der Waals surface area contributed by atoms with Crippen LogP contribution in [0.3, 0.4) is 0 Å². The van der Waals surface area contributed by atoms with Gasteiger partial charge in [-0.05, 0) is 26.0 Å². The SMILES string of the molecule is CC=C(C)C(=O)Oc1ccncc1. The molecule has 0 amide bonds. The Kier molecular flexibility index (Phi) is 3.20. The van der Waals surface area contributed by atoms with E-state index >= 15 is 0 Å². The van der Waals surface area contributed by atoms with Crippen LogP contribution in [-0.4, -0.2) is 11.0 Å². The predicted octanol–water partition coefficient (Wildman–Crippen LogP) is 1.95. The first-order chi connectivity index (χ1) is 6.24. The fraction of sp³-hybridized carbons (Fsp3) is 0.200. The number of hydrogen-bond acceptors (Lipinski definition) is 3. The normalized spacial score (nSPS) is 11.1. The van der Waals surface area contributed by atoms with Crippen LogP contribution in [0.5, 0.6) is 5.75 Å². The Morgan fingerprint density at radius 3 is 2.62 bits per heavy atom. The minimum atomic E-state index is -0.325. The number of carbonyl (C=O) groups excluding carboxylic acids is 1. The Labute approximate surface area is 77.1 Å². The Morgan fingerprint density at radius 2 is 2.08 bits per heavy atom. The van der Waals surface area contributed by atoms with Gasteiger partial charge in [0.25, 0.3) is 0 Å². The van der Waals surface area contributed by atoms with Gasteiger partial charge < -0.3 is 4.74 Å². The maximum absolute atomic E-state index is 11.2. The van der Waals surface area contributed by atoms with Gasteiger partial charge in [-0.1, -0.05) is 6.08 Å². The van der Waals surface area contributed by atoms with E-state index in [2.05, 4.69) is 4.98 Å². The van der Waals surface area contributed by atoms with Crippen molar-refractivity contribution in [3.63, 3.8) is 0 Å². The summed E-state index contributed by atoms with van der Waals surface area (Å²) in [5.74, 6) is 0.190. The van der Waals surface area contributed by atoms with Gasteiger partial charge in [0.1, 0.15) is 5.75 Å². The van der Waals surface area contributed by atoms with Crippen LogP contribution < -0.4 is 4.74 Å². The van der Waals surface area contributed by atoms with Crippen LogP contribution in [0.4, 0.5) is 0 Å². The third kappa shape index (κ3) is 2.71. The van der Waals surface area contributed by atoms with Gasteiger partial charge in [-0.2, -0.15) is 0 Å². The first kappa shape index (κ1) is 9.45. The number of pyridine rings is 1. The van der Waals surface area contributed by atoms with Crippen molar-refractivity contribution < 1.29 is 9.53 Å². The average Bonchev–Trinajstić information content (AvgIpc) is 2.18. The highest BCUT2D eigenvalue weighted by Gasteiger charge is 2.04. The topological polar surface area (TPSA) is 39.2 Å². The van der Waals surface area contributed by atoms with E-state index in [1.165, 1.54) is 0 Å². The molecule has 0 N–H and O–H groups in total. The Balaban J connectivity index is 2.66. The van der Waals surface area contributed by atoms with Gasteiger partial charge in [0.2, 0.25) is 0 Å². The molecule has 0 aliphatic carbocycles. The molecule has 0 aliphatic heterocycles. The number of nitrogens with zero attached hydrogens (tertiary/aromatic N) is 1. The standard InChI is InChI=1S/C10H11NO2/c1-3-8(2)10(12)13-9-4-6-11-7-5-9/h3-7H,1-2H3. The summed E-state index contributed by atoms with van der Waals surface area (Å²) in [5, 5.41) is 0. The molecule has 0 aromatic carbocycles. The fourth-order valence-corrected chi connectivity index (χ4v) is 0.712. The van der Waals surface area contributed by atoms with Gasteiger partial charge in [0.05, 0.1) is 0 Å². The van der Waals surface area contributed by atoms with Crippen molar-refractivity contribution in [3.05, 3.63) is 36.2 Å². The second-order valence-electron chi connectivity index (χ2n) is 2.54. The van der Waals surface area contributed by atoms with Crippen molar-refractivity contribution in [1.82, 2.24) is 4.98 Å². The quantitative estimate of drug-likeness (QED) is 0.512. The molecule has 0 atom stereocenters. The van der Waals surface area contributed by atoms with Gasteiger partial charge in [-0.3, -0.25) is 4.98 Å². The Hall–Kier alpha value is -1.64. The van der Waals surface area contributed by atoms with Crippen molar-refractivity contribution in [2.45, 2.75) is 13.8 Å². The molecule has 0 fully saturated rings. The molecule has 1 heterocycles. The molecule has 1 rings (SSSR count). The number of aromatic nitrogens is 1. The molecule has 0 saturated carbocycles. The lowest BCUT2D eigenvalue weighted by Crippen LogP contribution is -2.08. The zero-order chi connectivity index (χ0) is 9.68. The second-order valence-corrected chi connectivity index (χ2v) is 2.54. The van der Waals surface area contributed by atoms with E-state index in [1.807, 2.05) is 0 Å². The molecule has 3 nitrogen and oxygen atoms in total. The van der Waals surface area contributed by atoms with E-state index in [0.717, 1.165) is 0 Å². The maximum Gasteiger partial charge on any atom is 0.338 e. The van der Waals surface area contributed by atoms with Gasteiger partial charge in [-0.25, -0.2) is 4.79 Å². The molecule has 0 radical (unpaired) electrons. The molecule has 68 valence electrons. The van der Waals surface area contributed by atoms with Crippen LogP contribution >= 0.6 is 0 Å². The fourth-order valence-electron chi connectivity index (χ4n) is 0.712. The summed E-state index contributed by atoms with van der Waals surface area (Å²) in [5.41, 5.74) is 0.594. The van der Waals surface area contributed by atoms with Crippen molar-refractivity contribution in [2.75, 3.05) is 0 Å². The molecule has 1 aromatic heterocycles. The summed E-state index contributed by atoms with van der Waals surface area (Å²) in [6.45, 7) is 3.51. The van der Waals surface area contributed by atoms with E-state index in [1.54, 1.807) is 44.4 Å². The summed E-state index contributed by atoms with van der Waals surface area (Å²) in [6.07, 6.45) is 4.87. The monoisotopic (exact) mass is 177 g/mol. The third-order valence-corrected chi connectivity index (χ3v) is 1.62. The number of rotatable bonds is 2. The van der Waals surface area contributed by atoms with Crippen molar-refractivity contribution >= 4 is 5.97 Å². The number of carbonyl (C=O) groups is 1. The highest BCUT2D eigenvalue weighted by atomic mass is 16.5. The number of esters is 1. The van der Waals surface area contributed by atoms with Crippen LogP contribution in [0.15, 0.2) is 36.2 Å². The molecule has 0 bridgehead atoms. The molecular weight excluding hydrogens is 166 g/mol. The van der Waals surface area contributed by atoms with E-state index < -0.39 is 0 Å². The average molecular weight is 177 g/mol. The zero-order valence-electron chi connectivity index (χ0n) is 7.65. The predicted molar refractivity (Wildman–Crippen MR) is 49.3 cm³/mol. The van der Waals surface area contributed by atoms with Crippen LogP contribution in [0.25, 0.3) is 0 Å². The molecule has 3 heteroatoms. The van der Waals surface area contributed by atoms with Gasteiger partial charge in [0.15, 0.2) is 0 Å². The highest BCUT2D eigenvalue weighted by Crippen LogP contribution is 2.09. The molecular formula is C10H11NO2. The maximum atomic E-state index is 11.2. The minimum Gasteiger partial charge on any atom is -0.423 e. The first-order valence-electron chi connectivity index (χ1n) is 3.99. The minimum absolute atomic E-state index is 0.325. The molecule has 0 saturated heterocycles. The summed E-state index contributed by atoms with van der Waals surface area (Å²) in [4.78, 5) is 15.0. The Morgan fingerprint density at radius 1 is 1.46 bits per heavy atom. The van der Waals surface area contributed by atoms with Crippen LogP contribution in [0.1, 0.15) is 13.8 Å². The Bertz CT molecular complexity index is 317. The second kappa shape index (κ2) is 4.40. The van der Waals surface area contributed by atoms with Gasteiger partial charge in [-0.15, -0.1) is 0 Å². The lowest BCUT2D eigenvalue weighted by Gasteiger charge is -2.02. The summed E-state index contributed by atoms with van der Waals surface area (Å²) in [7, 11) is 0. The number of hydrogen-bond donors (Lipinski definition) is 0. The lowest BCUT2D eigenvalue weighted by atomic mass is 10.3.